The number of rotatable bonds is 45. The van der Waals surface area contributed by atoms with Crippen molar-refractivity contribution in [3.63, 3.8) is 0 Å². The monoisotopic (exact) mass is 718 g/mol. The maximum absolute atomic E-state index is 10.1. The molecule has 17 heteroatoms. The summed E-state index contributed by atoms with van der Waals surface area (Å²) in [5.41, 5.74) is 10.7. The number of unbranched alkanes of at least 4 members (excludes halogenated alkanes) is 1. The SMILES string of the molecule is NCCOCCOCCOCCOCCOCCOCCNC(O)CCCCNCCOCCOCOCCOCCOCCOCCN. The van der Waals surface area contributed by atoms with Crippen LogP contribution in [0.5, 0.6) is 0 Å². The highest BCUT2D eigenvalue weighted by atomic mass is 16.7. The van der Waals surface area contributed by atoms with Gasteiger partial charge in [-0.2, -0.15) is 0 Å². The van der Waals surface area contributed by atoms with E-state index in [2.05, 4.69) is 10.6 Å². The molecule has 296 valence electrons. The molecule has 0 bridgehead atoms. The van der Waals surface area contributed by atoms with E-state index in [9.17, 15) is 5.11 Å². The summed E-state index contributed by atoms with van der Waals surface area (Å²) in [6.45, 7) is 14.9. The first kappa shape index (κ1) is 48.3. The van der Waals surface area contributed by atoms with E-state index in [1.165, 1.54) is 0 Å². The molecule has 0 radical (unpaired) electrons. The summed E-state index contributed by atoms with van der Waals surface area (Å²) in [5.74, 6) is 0. The van der Waals surface area contributed by atoms with Crippen molar-refractivity contribution in [3.8, 4) is 0 Å². The van der Waals surface area contributed by atoms with Gasteiger partial charge in [-0.05, 0) is 25.8 Å². The summed E-state index contributed by atoms with van der Waals surface area (Å²) in [6.07, 6.45) is 2.05. The second kappa shape index (κ2) is 45.3. The van der Waals surface area contributed by atoms with Crippen LogP contribution in [-0.2, 0) is 56.8 Å². The fourth-order valence-corrected chi connectivity index (χ4v) is 3.68. The molecule has 0 saturated carbocycles. The molecule has 0 heterocycles. The molecule has 0 amide bonds. The number of ether oxygens (including phenoxy) is 12. The molecular formula is C32H70N4O13. The molecule has 17 nitrogen and oxygen atoms in total. The van der Waals surface area contributed by atoms with Crippen molar-refractivity contribution in [1.82, 2.24) is 10.6 Å². The van der Waals surface area contributed by atoms with Gasteiger partial charge in [0.05, 0.1) is 145 Å². The molecule has 1 atom stereocenters. The molecule has 0 spiro atoms. The Morgan fingerprint density at radius 3 is 1.08 bits per heavy atom. The third-order valence-corrected chi connectivity index (χ3v) is 6.17. The second-order valence-corrected chi connectivity index (χ2v) is 10.4. The highest BCUT2D eigenvalue weighted by Gasteiger charge is 2.02. The van der Waals surface area contributed by atoms with Gasteiger partial charge in [-0.15, -0.1) is 0 Å². The Labute approximate surface area is 294 Å². The third-order valence-electron chi connectivity index (χ3n) is 6.17. The van der Waals surface area contributed by atoms with Crippen LogP contribution in [0.3, 0.4) is 0 Å². The summed E-state index contributed by atoms with van der Waals surface area (Å²) in [4.78, 5) is 0. The predicted octanol–water partition coefficient (Wildman–Crippen LogP) is -1.27. The lowest BCUT2D eigenvalue weighted by atomic mass is 10.2. The quantitative estimate of drug-likeness (QED) is 0.0367. The highest BCUT2D eigenvalue weighted by Crippen LogP contribution is 1.97. The van der Waals surface area contributed by atoms with E-state index in [1.54, 1.807) is 0 Å². The fraction of sp³-hybridized carbons (Fsp3) is 1.00. The number of aliphatic hydroxyl groups is 1. The van der Waals surface area contributed by atoms with Gasteiger partial charge in [0.15, 0.2) is 0 Å². The maximum atomic E-state index is 10.1. The predicted molar refractivity (Wildman–Crippen MR) is 184 cm³/mol. The molecule has 0 aliphatic heterocycles. The van der Waals surface area contributed by atoms with Gasteiger partial charge in [0, 0.05) is 26.2 Å². The van der Waals surface area contributed by atoms with Crippen LogP contribution < -0.4 is 22.1 Å². The molecule has 0 fully saturated rings. The van der Waals surface area contributed by atoms with Crippen molar-refractivity contribution in [2.75, 3.05) is 185 Å². The molecule has 0 aliphatic rings. The number of hydrogen-bond acceptors (Lipinski definition) is 17. The Morgan fingerprint density at radius 2 is 0.694 bits per heavy atom. The van der Waals surface area contributed by atoms with Gasteiger partial charge in [0.2, 0.25) is 0 Å². The highest BCUT2D eigenvalue weighted by molar-refractivity contribution is 4.56. The van der Waals surface area contributed by atoms with Crippen molar-refractivity contribution in [3.05, 3.63) is 0 Å². The van der Waals surface area contributed by atoms with Gasteiger partial charge < -0.3 is 78.7 Å². The van der Waals surface area contributed by atoms with Crippen LogP contribution in [0.25, 0.3) is 0 Å². The Hall–Kier alpha value is -0.680. The molecular weight excluding hydrogens is 648 g/mol. The molecule has 49 heavy (non-hydrogen) atoms. The molecule has 0 rings (SSSR count). The van der Waals surface area contributed by atoms with E-state index in [0.29, 0.717) is 171 Å². The minimum atomic E-state index is -0.536. The van der Waals surface area contributed by atoms with Crippen LogP contribution in [0.1, 0.15) is 19.3 Å². The van der Waals surface area contributed by atoms with Crippen LogP contribution in [0, 0.1) is 0 Å². The lowest BCUT2D eigenvalue weighted by Gasteiger charge is -2.13. The number of nitrogens with two attached hydrogens (primary N) is 2. The van der Waals surface area contributed by atoms with Gasteiger partial charge >= 0.3 is 0 Å². The molecule has 0 aromatic rings. The smallest absolute Gasteiger partial charge is 0.146 e. The van der Waals surface area contributed by atoms with E-state index in [4.69, 9.17) is 68.3 Å². The van der Waals surface area contributed by atoms with E-state index in [0.717, 1.165) is 25.9 Å². The zero-order chi connectivity index (χ0) is 35.4. The molecule has 0 aliphatic carbocycles. The van der Waals surface area contributed by atoms with Crippen LogP contribution in [0.2, 0.25) is 0 Å². The maximum Gasteiger partial charge on any atom is 0.146 e. The third kappa shape index (κ3) is 45.3. The van der Waals surface area contributed by atoms with Crippen molar-refractivity contribution >= 4 is 0 Å². The van der Waals surface area contributed by atoms with E-state index >= 15 is 0 Å². The zero-order valence-corrected chi connectivity index (χ0v) is 30.0. The van der Waals surface area contributed by atoms with Gasteiger partial charge in [0.25, 0.3) is 0 Å². The molecule has 0 aromatic heterocycles. The molecule has 0 saturated heterocycles. The van der Waals surface area contributed by atoms with Gasteiger partial charge in [-0.25, -0.2) is 0 Å². The van der Waals surface area contributed by atoms with Crippen LogP contribution >= 0.6 is 0 Å². The molecule has 0 aromatic carbocycles. The van der Waals surface area contributed by atoms with Crippen LogP contribution in [0.4, 0.5) is 0 Å². The average Bonchev–Trinajstić information content (AvgIpc) is 3.11. The van der Waals surface area contributed by atoms with E-state index in [1.807, 2.05) is 0 Å². The van der Waals surface area contributed by atoms with Crippen molar-refractivity contribution in [2.24, 2.45) is 11.5 Å². The summed E-state index contributed by atoms with van der Waals surface area (Å²) in [5, 5.41) is 16.5. The van der Waals surface area contributed by atoms with Crippen molar-refractivity contribution in [2.45, 2.75) is 25.5 Å². The number of nitrogens with one attached hydrogen (secondary N) is 2. The average molecular weight is 719 g/mol. The summed E-state index contributed by atoms with van der Waals surface area (Å²) in [6, 6.07) is 0. The second-order valence-electron chi connectivity index (χ2n) is 10.4. The lowest BCUT2D eigenvalue weighted by molar-refractivity contribution is -0.0837. The zero-order valence-electron chi connectivity index (χ0n) is 30.0. The summed E-state index contributed by atoms with van der Waals surface area (Å²) in [7, 11) is 0. The Morgan fingerprint density at radius 1 is 0.367 bits per heavy atom. The first-order valence-electron chi connectivity index (χ1n) is 17.8. The van der Waals surface area contributed by atoms with Crippen molar-refractivity contribution < 1.29 is 61.9 Å². The lowest BCUT2D eigenvalue weighted by Crippen LogP contribution is -2.32. The number of aliphatic hydroxyl groups excluding tert-OH is 1. The first-order valence-corrected chi connectivity index (χ1v) is 17.8. The first-order chi connectivity index (χ1) is 24.3. The molecule has 7 N–H and O–H groups in total. The summed E-state index contributed by atoms with van der Waals surface area (Å²) < 4.78 is 64.7. The normalized spacial score (nSPS) is 12.3. The minimum absolute atomic E-state index is 0.212. The van der Waals surface area contributed by atoms with E-state index < -0.39 is 6.23 Å². The summed E-state index contributed by atoms with van der Waals surface area (Å²) >= 11 is 0. The van der Waals surface area contributed by atoms with Crippen molar-refractivity contribution in [1.29, 1.82) is 0 Å². The standard InChI is InChI=1S/C32H70N4O13/c33-4-9-38-13-16-42-19-21-45-23-24-46-22-20-44-18-15-41-12-8-36-32(37)3-1-2-6-35-7-11-40-27-29-48-31-49-30-28-47-26-25-43-17-14-39-10-5-34/h32,35-37H,1-31,33-34H2. The Bertz CT molecular complexity index is 595. The number of hydrogen-bond donors (Lipinski definition) is 5. The fourth-order valence-electron chi connectivity index (χ4n) is 3.68. The van der Waals surface area contributed by atoms with Gasteiger partial charge in [-0.3, -0.25) is 5.32 Å². The topological polar surface area (TPSA) is 207 Å². The largest absolute Gasteiger partial charge is 0.379 e. The van der Waals surface area contributed by atoms with Crippen LogP contribution in [0.15, 0.2) is 0 Å². The van der Waals surface area contributed by atoms with Crippen LogP contribution in [-0.4, -0.2) is 196 Å². The van der Waals surface area contributed by atoms with E-state index in [-0.39, 0.29) is 6.79 Å². The van der Waals surface area contributed by atoms with Gasteiger partial charge in [-0.1, -0.05) is 0 Å². The molecule has 1 unspecified atom stereocenters. The van der Waals surface area contributed by atoms with Gasteiger partial charge in [0.1, 0.15) is 13.0 Å². The Kier molecular flexibility index (Phi) is 44.7. The Balaban J connectivity index is 3.13. The minimum Gasteiger partial charge on any atom is -0.379 e.